The van der Waals surface area contributed by atoms with Crippen LogP contribution in [0, 0.1) is 0 Å². The summed E-state index contributed by atoms with van der Waals surface area (Å²) in [6.45, 7) is -0.497. The van der Waals surface area contributed by atoms with Gasteiger partial charge in [0.05, 0.1) is 5.56 Å². The predicted molar refractivity (Wildman–Crippen MR) is 126 cm³/mol. The summed E-state index contributed by atoms with van der Waals surface area (Å²) in [6, 6.07) is 12.7. The average Bonchev–Trinajstić information content (AvgIpc) is 2.84. The van der Waals surface area contributed by atoms with Gasteiger partial charge in [0.15, 0.2) is 5.43 Å². The smallest absolute Gasteiger partial charge is 0.336 e. The van der Waals surface area contributed by atoms with Gasteiger partial charge < -0.3 is 30.4 Å². The van der Waals surface area contributed by atoms with E-state index in [-0.39, 0.29) is 46.7 Å². The first kappa shape index (κ1) is 23.5. The van der Waals surface area contributed by atoms with Crippen molar-refractivity contribution in [1.29, 1.82) is 0 Å². The molecule has 5 N–H and O–H groups in total. The number of aliphatic hydroxyl groups excluding tert-OH is 1. The standard InChI is InChI=1S/C25H20N2O8/c28-12-22(31)26-7-8-27-24(32)13-1-4-16(19(9-13)25(33)34)23-17-5-2-14(29)10-20(17)35-21-11-15(30)3-6-18(21)23/h1-6,9-11,28-29H,7-8,12H2,(H,26,31)(H,27,32)(H,33,34). The monoisotopic (exact) mass is 476 g/mol. The highest BCUT2D eigenvalue weighted by Crippen LogP contribution is 2.42. The Balaban J connectivity index is 1.79. The molecule has 0 aromatic heterocycles. The van der Waals surface area contributed by atoms with Gasteiger partial charge in [-0.2, -0.15) is 0 Å². The minimum atomic E-state index is -1.27. The summed E-state index contributed by atoms with van der Waals surface area (Å²) in [5.41, 5.74) is 1.14. The lowest BCUT2D eigenvalue weighted by Crippen LogP contribution is -2.35. The van der Waals surface area contributed by atoms with Crippen LogP contribution in [0.1, 0.15) is 20.7 Å². The van der Waals surface area contributed by atoms with Crippen LogP contribution in [0.3, 0.4) is 0 Å². The first-order valence-electron chi connectivity index (χ1n) is 10.5. The number of fused-ring (bicyclic) bond motifs is 2. The van der Waals surface area contributed by atoms with Crippen molar-refractivity contribution in [3.63, 3.8) is 0 Å². The number of carboxylic acids is 1. The summed E-state index contributed by atoms with van der Waals surface area (Å²) in [5.74, 6) is -2.25. The van der Waals surface area contributed by atoms with Crippen LogP contribution in [-0.2, 0) is 4.79 Å². The number of benzene rings is 3. The lowest BCUT2D eigenvalue weighted by molar-refractivity contribution is -0.123. The van der Waals surface area contributed by atoms with Gasteiger partial charge in [-0.25, -0.2) is 4.79 Å². The molecule has 178 valence electrons. The molecule has 35 heavy (non-hydrogen) atoms. The highest BCUT2D eigenvalue weighted by Gasteiger charge is 2.23. The zero-order valence-corrected chi connectivity index (χ0v) is 18.2. The van der Waals surface area contributed by atoms with Crippen LogP contribution in [0.5, 0.6) is 5.75 Å². The van der Waals surface area contributed by atoms with Crippen molar-refractivity contribution < 1.29 is 34.1 Å². The van der Waals surface area contributed by atoms with Crippen LogP contribution in [0.2, 0.25) is 0 Å². The number of amides is 2. The van der Waals surface area contributed by atoms with Crippen LogP contribution in [0.4, 0.5) is 0 Å². The highest BCUT2D eigenvalue weighted by atomic mass is 16.4. The minimum Gasteiger partial charge on any atom is -0.508 e. The van der Waals surface area contributed by atoms with E-state index in [4.69, 9.17) is 9.52 Å². The average molecular weight is 476 g/mol. The Bertz CT molecular complexity index is 1490. The maximum absolute atomic E-state index is 12.5. The Kier molecular flexibility index (Phi) is 6.47. The van der Waals surface area contributed by atoms with Crippen molar-refractivity contribution in [2.24, 2.45) is 0 Å². The molecule has 0 radical (unpaired) electrons. The molecule has 0 bridgehead atoms. The Morgan fingerprint density at radius 3 is 2.37 bits per heavy atom. The summed E-state index contributed by atoms with van der Waals surface area (Å²) in [7, 11) is 0. The lowest BCUT2D eigenvalue weighted by Gasteiger charge is -2.17. The SMILES string of the molecule is O=C(CO)NCCNC(=O)c1ccc(-c2c3ccc(=O)cc-3oc3cc(O)ccc23)c(C(=O)O)c1. The fourth-order valence-electron chi connectivity index (χ4n) is 3.77. The number of hydrogen-bond acceptors (Lipinski definition) is 7. The molecule has 0 saturated heterocycles. The van der Waals surface area contributed by atoms with Crippen molar-refractivity contribution in [1.82, 2.24) is 10.6 Å². The molecule has 2 aliphatic rings. The molecular weight excluding hydrogens is 456 g/mol. The number of aromatic hydroxyl groups is 1. The van der Waals surface area contributed by atoms with Gasteiger partial charge in [0.25, 0.3) is 5.91 Å². The van der Waals surface area contributed by atoms with Gasteiger partial charge in [-0.3, -0.25) is 14.4 Å². The number of carbonyl (C=O) groups excluding carboxylic acids is 2. The maximum atomic E-state index is 12.5. The zero-order chi connectivity index (χ0) is 25.1. The number of phenolic OH excluding ortho intramolecular Hbond substituents is 1. The van der Waals surface area contributed by atoms with Gasteiger partial charge in [-0.15, -0.1) is 0 Å². The largest absolute Gasteiger partial charge is 0.508 e. The van der Waals surface area contributed by atoms with Crippen LogP contribution >= 0.6 is 0 Å². The van der Waals surface area contributed by atoms with E-state index in [9.17, 15) is 29.4 Å². The number of aliphatic hydroxyl groups is 1. The van der Waals surface area contributed by atoms with Crippen molar-refractivity contribution in [2.45, 2.75) is 0 Å². The molecular formula is C25H20N2O8. The zero-order valence-electron chi connectivity index (χ0n) is 18.2. The molecule has 2 aromatic carbocycles. The number of nitrogens with one attached hydrogen (secondary N) is 2. The summed E-state index contributed by atoms with van der Waals surface area (Å²) in [4.78, 5) is 47.7. The van der Waals surface area contributed by atoms with E-state index >= 15 is 0 Å². The van der Waals surface area contributed by atoms with E-state index in [1.165, 1.54) is 48.5 Å². The van der Waals surface area contributed by atoms with Gasteiger partial charge in [0, 0.05) is 47.3 Å². The number of carboxylic acid groups (broad SMARTS) is 1. The predicted octanol–water partition coefficient (Wildman–Crippen LogP) is 1.81. The third-order valence-electron chi connectivity index (χ3n) is 5.33. The molecule has 0 unspecified atom stereocenters. The Morgan fingerprint density at radius 1 is 0.886 bits per heavy atom. The van der Waals surface area contributed by atoms with Gasteiger partial charge >= 0.3 is 5.97 Å². The highest BCUT2D eigenvalue weighted by molar-refractivity contribution is 6.09. The van der Waals surface area contributed by atoms with E-state index in [1.807, 2.05) is 0 Å². The second-order valence-electron chi connectivity index (χ2n) is 7.64. The van der Waals surface area contributed by atoms with E-state index < -0.39 is 24.4 Å². The molecule has 10 nitrogen and oxygen atoms in total. The summed E-state index contributed by atoms with van der Waals surface area (Å²) in [5, 5.41) is 34.0. The Labute approximate surface area is 197 Å². The third-order valence-corrected chi connectivity index (χ3v) is 5.33. The summed E-state index contributed by atoms with van der Waals surface area (Å²) < 4.78 is 5.80. The van der Waals surface area contributed by atoms with Crippen LogP contribution in [0.15, 0.2) is 63.8 Å². The Hall–Kier alpha value is -4.70. The van der Waals surface area contributed by atoms with E-state index in [0.717, 1.165) is 0 Å². The van der Waals surface area contributed by atoms with Gasteiger partial charge in [0.1, 0.15) is 23.7 Å². The topological polar surface area (TPSA) is 166 Å². The van der Waals surface area contributed by atoms with Crippen molar-refractivity contribution in [3.05, 3.63) is 75.9 Å². The van der Waals surface area contributed by atoms with E-state index in [1.54, 1.807) is 6.07 Å². The number of hydrogen-bond donors (Lipinski definition) is 5. The van der Waals surface area contributed by atoms with Crippen LogP contribution in [-0.4, -0.2) is 52.8 Å². The van der Waals surface area contributed by atoms with E-state index in [0.29, 0.717) is 22.1 Å². The second kappa shape index (κ2) is 9.65. The Morgan fingerprint density at radius 2 is 1.63 bits per heavy atom. The second-order valence-corrected chi connectivity index (χ2v) is 7.64. The molecule has 0 saturated carbocycles. The molecule has 1 aliphatic heterocycles. The van der Waals surface area contributed by atoms with Crippen molar-refractivity contribution >= 4 is 28.8 Å². The summed E-state index contributed by atoms with van der Waals surface area (Å²) >= 11 is 0. The number of carbonyl (C=O) groups is 3. The first-order valence-corrected chi connectivity index (χ1v) is 10.5. The maximum Gasteiger partial charge on any atom is 0.336 e. The number of aromatic carboxylic acids is 1. The van der Waals surface area contributed by atoms with Gasteiger partial charge in [-0.05, 0) is 42.0 Å². The molecule has 0 atom stereocenters. The minimum absolute atomic E-state index is 0.0644. The summed E-state index contributed by atoms with van der Waals surface area (Å²) in [6.07, 6.45) is 0. The molecule has 2 aromatic rings. The van der Waals surface area contributed by atoms with Crippen LogP contribution in [0.25, 0.3) is 33.4 Å². The first-order chi connectivity index (χ1) is 16.8. The molecule has 2 amide bonds. The molecule has 0 fully saturated rings. The fourth-order valence-corrected chi connectivity index (χ4v) is 3.77. The van der Waals surface area contributed by atoms with Crippen LogP contribution < -0.4 is 16.1 Å². The molecule has 1 heterocycles. The quantitative estimate of drug-likeness (QED) is 0.199. The van der Waals surface area contributed by atoms with Crippen molar-refractivity contribution in [2.75, 3.05) is 19.7 Å². The molecule has 1 aliphatic carbocycles. The molecule has 10 heteroatoms. The third kappa shape index (κ3) is 4.82. The van der Waals surface area contributed by atoms with E-state index in [2.05, 4.69) is 10.6 Å². The molecule has 4 rings (SSSR count). The fraction of sp³-hybridized carbons (Fsp3) is 0.120. The van der Waals surface area contributed by atoms with Gasteiger partial charge in [-0.1, -0.05) is 6.07 Å². The normalized spacial score (nSPS) is 10.9. The lowest BCUT2D eigenvalue weighted by atomic mass is 9.90. The van der Waals surface area contributed by atoms with Crippen molar-refractivity contribution in [3.8, 4) is 28.2 Å². The number of rotatable bonds is 7. The number of phenols is 1. The van der Waals surface area contributed by atoms with Gasteiger partial charge in [0.2, 0.25) is 5.91 Å². The molecule has 0 spiro atoms.